The molecule has 146 valence electrons. The number of amides is 1. The largest absolute Gasteiger partial charge is 0.506 e. The molecule has 1 amide bonds. The fourth-order valence-corrected chi connectivity index (χ4v) is 5.10. The van der Waals surface area contributed by atoms with E-state index in [-0.39, 0.29) is 11.3 Å². The SMILES string of the molecule is CCOc1ccc(NC(=O)c2c(O)c3c4c(sc3[nH]c2=O)CC(C)CC4)cc1. The van der Waals surface area contributed by atoms with Crippen molar-refractivity contribution in [3.8, 4) is 11.5 Å². The number of aromatic hydroxyl groups is 1. The van der Waals surface area contributed by atoms with E-state index in [9.17, 15) is 14.7 Å². The van der Waals surface area contributed by atoms with Gasteiger partial charge in [-0.15, -0.1) is 11.3 Å². The number of fused-ring (bicyclic) bond motifs is 3. The highest BCUT2D eigenvalue weighted by atomic mass is 32.1. The number of rotatable bonds is 4. The summed E-state index contributed by atoms with van der Waals surface area (Å²) in [6, 6.07) is 6.87. The zero-order valence-electron chi connectivity index (χ0n) is 15.8. The molecule has 1 unspecified atom stereocenters. The summed E-state index contributed by atoms with van der Waals surface area (Å²) in [6.45, 7) is 4.65. The van der Waals surface area contributed by atoms with Crippen LogP contribution in [0.2, 0.25) is 0 Å². The van der Waals surface area contributed by atoms with E-state index in [1.165, 1.54) is 16.2 Å². The van der Waals surface area contributed by atoms with Gasteiger partial charge < -0.3 is 20.1 Å². The van der Waals surface area contributed by atoms with Crippen LogP contribution in [0.5, 0.6) is 11.5 Å². The van der Waals surface area contributed by atoms with Gasteiger partial charge in [0.1, 0.15) is 21.9 Å². The Morgan fingerprint density at radius 1 is 1.36 bits per heavy atom. The number of benzene rings is 1. The maximum Gasteiger partial charge on any atom is 0.265 e. The average Bonchev–Trinajstić information content (AvgIpc) is 3.00. The minimum absolute atomic E-state index is 0.228. The standard InChI is InChI=1S/C21H22N2O4S/c1-3-27-13-7-5-12(6-8-13)22-19(25)17-18(24)16-14-9-4-11(2)10-15(14)28-21(16)23-20(17)26/h5-8,11H,3-4,9-10H2,1-2H3,(H,22,25)(H2,23,24,26). The topological polar surface area (TPSA) is 91.4 Å². The second kappa shape index (κ2) is 7.31. The van der Waals surface area contributed by atoms with E-state index in [0.717, 1.165) is 24.8 Å². The molecule has 28 heavy (non-hydrogen) atoms. The summed E-state index contributed by atoms with van der Waals surface area (Å²) in [4.78, 5) is 29.9. The zero-order chi connectivity index (χ0) is 19.8. The van der Waals surface area contributed by atoms with Gasteiger partial charge in [-0.3, -0.25) is 9.59 Å². The summed E-state index contributed by atoms with van der Waals surface area (Å²) in [7, 11) is 0. The first-order valence-electron chi connectivity index (χ1n) is 9.41. The van der Waals surface area contributed by atoms with E-state index in [1.807, 2.05) is 6.92 Å². The molecule has 4 rings (SSSR count). The lowest BCUT2D eigenvalue weighted by Gasteiger charge is -2.18. The summed E-state index contributed by atoms with van der Waals surface area (Å²) >= 11 is 1.50. The lowest BCUT2D eigenvalue weighted by molar-refractivity contribution is 0.102. The van der Waals surface area contributed by atoms with Gasteiger partial charge >= 0.3 is 0 Å². The van der Waals surface area contributed by atoms with Crippen LogP contribution < -0.4 is 15.6 Å². The van der Waals surface area contributed by atoms with Gasteiger partial charge in [-0.05, 0) is 61.9 Å². The number of thiophene rings is 1. The van der Waals surface area contributed by atoms with Crippen LogP contribution in [0.3, 0.4) is 0 Å². The lowest BCUT2D eigenvalue weighted by Crippen LogP contribution is -2.23. The minimum atomic E-state index is -0.631. The summed E-state index contributed by atoms with van der Waals surface area (Å²) in [5.74, 6) is 0.418. The normalized spacial score (nSPS) is 16.0. The highest BCUT2D eigenvalue weighted by Crippen LogP contribution is 2.41. The van der Waals surface area contributed by atoms with E-state index in [1.54, 1.807) is 24.3 Å². The Morgan fingerprint density at radius 2 is 2.11 bits per heavy atom. The monoisotopic (exact) mass is 398 g/mol. The van der Waals surface area contributed by atoms with Crippen molar-refractivity contribution in [3.63, 3.8) is 0 Å². The molecule has 1 aromatic carbocycles. The molecule has 1 aliphatic rings. The second-order valence-electron chi connectivity index (χ2n) is 7.15. The van der Waals surface area contributed by atoms with Crippen LogP contribution in [-0.4, -0.2) is 22.6 Å². The van der Waals surface area contributed by atoms with Gasteiger partial charge in [-0.1, -0.05) is 6.92 Å². The molecule has 0 aliphatic heterocycles. The summed E-state index contributed by atoms with van der Waals surface area (Å²) in [5.41, 5.74) is 0.746. The van der Waals surface area contributed by atoms with Crippen molar-refractivity contribution < 1.29 is 14.6 Å². The molecule has 7 heteroatoms. The molecule has 2 aromatic heterocycles. The Bertz CT molecular complexity index is 1100. The first-order chi connectivity index (χ1) is 13.5. The predicted octanol–water partition coefficient (Wildman–Crippen LogP) is 4.07. The number of hydrogen-bond donors (Lipinski definition) is 3. The number of nitrogens with one attached hydrogen (secondary N) is 2. The van der Waals surface area contributed by atoms with Gasteiger partial charge in [-0.25, -0.2) is 0 Å². The van der Waals surface area contributed by atoms with Crippen molar-refractivity contribution in [2.45, 2.75) is 33.1 Å². The zero-order valence-corrected chi connectivity index (χ0v) is 16.6. The predicted molar refractivity (Wildman–Crippen MR) is 111 cm³/mol. The van der Waals surface area contributed by atoms with Crippen LogP contribution in [0.15, 0.2) is 29.1 Å². The Balaban J connectivity index is 1.69. The maximum absolute atomic E-state index is 12.7. The molecule has 0 bridgehead atoms. The van der Waals surface area contributed by atoms with Crippen molar-refractivity contribution in [1.29, 1.82) is 0 Å². The summed E-state index contributed by atoms with van der Waals surface area (Å²) in [5, 5.41) is 14.1. The number of pyridine rings is 1. The van der Waals surface area contributed by atoms with Gasteiger partial charge in [0, 0.05) is 10.6 Å². The van der Waals surface area contributed by atoms with Crippen LogP contribution in [-0.2, 0) is 12.8 Å². The average molecular weight is 398 g/mol. The van der Waals surface area contributed by atoms with Crippen molar-refractivity contribution in [2.75, 3.05) is 11.9 Å². The Morgan fingerprint density at radius 3 is 2.82 bits per heavy atom. The summed E-state index contributed by atoms with van der Waals surface area (Å²) in [6.07, 6.45) is 2.81. The van der Waals surface area contributed by atoms with Crippen molar-refractivity contribution in [2.24, 2.45) is 5.92 Å². The van der Waals surface area contributed by atoms with Crippen molar-refractivity contribution >= 4 is 33.1 Å². The first kappa shape index (κ1) is 18.6. The maximum atomic E-state index is 12.7. The molecule has 1 atom stereocenters. The highest BCUT2D eigenvalue weighted by molar-refractivity contribution is 7.18. The molecule has 0 spiro atoms. The molecule has 0 radical (unpaired) electrons. The number of hydrogen-bond acceptors (Lipinski definition) is 5. The second-order valence-corrected chi connectivity index (χ2v) is 8.25. The molecular weight excluding hydrogens is 376 g/mol. The van der Waals surface area contributed by atoms with E-state index in [2.05, 4.69) is 17.2 Å². The molecule has 2 heterocycles. The van der Waals surface area contributed by atoms with Crippen LogP contribution in [0.4, 0.5) is 5.69 Å². The number of H-pyrrole nitrogens is 1. The third-order valence-corrected chi connectivity index (χ3v) is 6.26. The van der Waals surface area contributed by atoms with Crippen LogP contribution in [0.25, 0.3) is 10.2 Å². The Hall–Kier alpha value is -2.80. The molecule has 0 fully saturated rings. The molecule has 6 nitrogen and oxygen atoms in total. The lowest BCUT2D eigenvalue weighted by atomic mass is 9.89. The van der Waals surface area contributed by atoms with E-state index >= 15 is 0 Å². The highest BCUT2D eigenvalue weighted by Gasteiger charge is 2.27. The van der Waals surface area contributed by atoms with Gasteiger partial charge in [0.25, 0.3) is 11.5 Å². The number of carbonyl (C=O) groups is 1. The number of anilines is 1. The minimum Gasteiger partial charge on any atom is -0.506 e. The fraction of sp³-hybridized carbons (Fsp3) is 0.333. The van der Waals surface area contributed by atoms with Crippen molar-refractivity contribution in [1.82, 2.24) is 4.98 Å². The van der Waals surface area contributed by atoms with E-state index in [4.69, 9.17) is 4.74 Å². The quantitative estimate of drug-likeness (QED) is 0.618. The number of carbonyl (C=O) groups excluding carboxylic acids is 1. The number of ether oxygens (including phenoxy) is 1. The molecule has 3 N–H and O–H groups in total. The smallest absolute Gasteiger partial charge is 0.265 e. The Labute approximate surface area is 166 Å². The number of aryl methyl sites for hydroxylation is 1. The van der Waals surface area contributed by atoms with Gasteiger partial charge in [0.15, 0.2) is 0 Å². The summed E-state index contributed by atoms with van der Waals surface area (Å²) < 4.78 is 5.38. The van der Waals surface area contributed by atoms with Gasteiger partial charge in [-0.2, -0.15) is 0 Å². The number of aromatic nitrogens is 1. The third kappa shape index (κ3) is 3.26. The molecule has 1 aliphatic carbocycles. The third-order valence-electron chi connectivity index (χ3n) is 5.09. The van der Waals surface area contributed by atoms with Gasteiger partial charge in [0.05, 0.1) is 12.0 Å². The molecule has 0 saturated heterocycles. The Kier molecular flexibility index (Phi) is 4.85. The molecule has 3 aromatic rings. The van der Waals surface area contributed by atoms with E-state index in [0.29, 0.717) is 34.2 Å². The first-order valence-corrected chi connectivity index (χ1v) is 10.2. The number of aromatic amines is 1. The van der Waals surface area contributed by atoms with Crippen molar-refractivity contribution in [3.05, 3.63) is 50.6 Å². The van der Waals surface area contributed by atoms with Crippen LogP contribution >= 0.6 is 11.3 Å². The van der Waals surface area contributed by atoms with E-state index < -0.39 is 11.5 Å². The fourth-order valence-electron chi connectivity index (χ4n) is 3.69. The van der Waals surface area contributed by atoms with Gasteiger partial charge in [0.2, 0.25) is 0 Å². The van der Waals surface area contributed by atoms with Crippen LogP contribution in [0.1, 0.15) is 41.1 Å². The molecular formula is C21H22N2O4S. The van der Waals surface area contributed by atoms with Crippen LogP contribution in [0, 0.1) is 5.92 Å². The molecule has 0 saturated carbocycles.